The van der Waals surface area contributed by atoms with Crippen LogP contribution in [0.4, 0.5) is 0 Å². The Morgan fingerprint density at radius 1 is 0.909 bits per heavy atom. The van der Waals surface area contributed by atoms with Gasteiger partial charge in [-0.1, -0.05) is 54.6 Å². The Bertz CT molecular complexity index is 1220. The van der Waals surface area contributed by atoms with Gasteiger partial charge in [-0.15, -0.1) is 0 Å². The Morgan fingerprint density at radius 3 is 2.15 bits per heavy atom. The Kier molecular flexibility index (Phi) is 6.31. The topological polar surface area (TPSA) is 72.6 Å². The zero-order chi connectivity index (χ0) is 23.4. The highest BCUT2D eigenvalue weighted by atomic mass is 16.5. The van der Waals surface area contributed by atoms with Crippen LogP contribution < -0.4 is 4.74 Å². The maximum Gasteiger partial charge on any atom is 0.313 e. The fraction of sp³-hybridized carbons (Fsp3) is 0.214. The summed E-state index contributed by atoms with van der Waals surface area (Å²) in [7, 11) is 0. The number of rotatable bonds is 8. The lowest BCUT2D eigenvalue weighted by atomic mass is 9.85. The predicted octanol–water partition coefficient (Wildman–Crippen LogP) is 6.30. The molecule has 0 atom stereocenters. The number of hydrogen-bond acceptors (Lipinski definition) is 4. The van der Waals surface area contributed by atoms with Crippen molar-refractivity contribution >= 4 is 5.97 Å². The van der Waals surface area contributed by atoms with Gasteiger partial charge in [-0.05, 0) is 61.7 Å². The van der Waals surface area contributed by atoms with Crippen molar-refractivity contribution in [2.24, 2.45) is 0 Å². The molecule has 33 heavy (non-hydrogen) atoms. The number of oxazole rings is 1. The number of aryl methyl sites for hydroxylation is 1. The highest BCUT2D eigenvalue weighted by molar-refractivity contribution is 5.80. The van der Waals surface area contributed by atoms with Crippen molar-refractivity contribution in [2.75, 3.05) is 6.61 Å². The number of carboxylic acids is 1. The van der Waals surface area contributed by atoms with Crippen LogP contribution in [0.2, 0.25) is 0 Å². The van der Waals surface area contributed by atoms with E-state index in [9.17, 15) is 9.90 Å². The van der Waals surface area contributed by atoms with E-state index in [4.69, 9.17) is 9.15 Å². The Morgan fingerprint density at radius 2 is 1.52 bits per heavy atom. The predicted molar refractivity (Wildman–Crippen MR) is 128 cm³/mol. The first-order valence-corrected chi connectivity index (χ1v) is 10.9. The second kappa shape index (κ2) is 9.33. The van der Waals surface area contributed by atoms with E-state index in [1.165, 1.54) is 5.56 Å². The highest BCUT2D eigenvalue weighted by Gasteiger charge is 2.29. The molecular formula is C28H27NO4. The third-order valence-corrected chi connectivity index (χ3v) is 5.85. The average molecular weight is 442 g/mol. The molecule has 0 saturated carbocycles. The van der Waals surface area contributed by atoms with Gasteiger partial charge in [0, 0.05) is 12.0 Å². The molecule has 0 bridgehead atoms. The minimum atomic E-state index is -0.938. The second-order valence-electron chi connectivity index (χ2n) is 8.52. The number of carbonyl (C=O) groups is 1. The van der Waals surface area contributed by atoms with E-state index >= 15 is 0 Å². The zero-order valence-corrected chi connectivity index (χ0v) is 19.0. The number of benzene rings is 3. The van der Waals surface area contributed by atoms with Crippen LogP contribution in [0.15, 0.2) is 83.3 Å². The van der Waals surface area contributed by atoms with Crippen molar-refractivity contribution in [1.29, 1.82) is 0 Å². The van der Waals surface area contributed by atoms with E-state index in [0.717, 1.165) is 28.1 Å². The lowest BCUT2D eigenvalue weighted by molar-refractivity contribution is -0.142. The van der Waals surface area contributed by atoms with E-state index in [0.29, 0.717) is 24.7 Å². The van der Waals surface area contributed by atoms with Gasteiger partial charge in [0.15, 0.2) is 0 Å². The zero-order valence-electron chi connectivity index (χ0n) is 19.0. The molecule has 1 N–H and O–H groups in total. The molecule has 0 aliphatic heterocycles. The summed E-state index contributed by atoms with van der Waals surface area (Å²) < 4.78 is 11.7. The normalized spacial score (nSPS) is 11.4. The number of aliphatic carboxylic acids is 1. The standard InChI is InChI=1S/C28H27NO4/c1-19-25(17-18-32-24-15-13-23(14-16-24)28(2,3)27(30)31)29-26(33-19)22-11-9-21(10-12-22)20-7-5-4-6-8-20/h4-16H,17-18H2,1-3H3,(H,30,31). The monoisotopic (exact) mass is 441 g/mol. The first-order valence-electron chi connectivity index (χ1n) is 10.9. The van der Waals surface area contributed by atoms with Gasteiger partial charge < -0.3 is 14.3 Å². The van der Waals surface area contributed by atoms with Gasteiger partial charge >= 0.3 is 5.97 Å². The summed E-state index contributed by atoms with van der Waals surface area (Å²) in [5, 5.41) is 9.36. The summed E-state index contributed by atoms with van der Waals surface area (Å²) in [6.07, 6.45) is 0.611. The maximum absolute atomic E-state index is 11.4. The molecule has 0 unspecified atom stereocenters. The maximum atomic E-state index is 11.4. The Balaban J connectivity index is 1.38. The lowest BCUT2D eigenvalue weighted by Crippen LogP contribution is -2.28. The van der Waals surface area contributed by atoms with Gasteiger partial charge in [0.25, 0.3) is 0 Å². The van der Waals surface area contributed by atoms with Crippen LogP contribution in [-0.2, 0) is 16.6 Å². The van der Waals surface area contributed by atoms with Crippen molar-refractivity contribution in [2.45, 2.75) is 32.6 Å². The fourth-order valence-electron chi connectivity index (χ4n) is 3.58. The molecule has 3 aromatic carbocycles. The molecule has 4 aromatic rings. The number of aromatic nitrogens is 1. The summed E-state index contributed by atoms with van der Waals surface area (Å²) in [4.78, 5) is 16.1. The smallest absolute Gasteiger partial charge is 0.313 e. The van der Waals surface area contributed by atoms with Crippen molar-refractivity contribution in [3.8, 4) is 28.3 Å². The van der Waals surface area contributed by atoms with Gasteiger partial charge in [0.1, 0.15) is 11.5 Å². The van der Waals surface area contributed by atoms with Gasteiger partial charge in [-0.2, -0.15) is 0 Å². The van der Waals surface area contributed by atoms with E-state index in [2.05, 4.69) is 29.2 Å². The molecule has 0 radical (unpaired) electrons. The second-order valence-corrected chi connectivity index (χ2v) is 8.52. The molecule has 0 saturated heterocycles. The van der Waals surface area contributed by atoms with Crippen LogP contribution in [0.3, 0.4) is 0 Å². The summed E-state index contributed by atoms with van der Waals surface area (Å²) in [5.41, 5.74) is 3.91. The SMILES string of the molecule is Cc1oc(-c2ccc(-c3ccccc3)cc2)nc1CCOc1ccc(C(C)(C)C(=O)O)cc1. The van der Waals surface area contributed by atoms with Gasteiger partial charge in [-0.25, -0.2) is 4.98 Å². The van der Waals surface area contributed by atoms with E-state index in [1.54, 1.807) is 38.1 Å². The van der Waals surface area contributed by atoms with E-state index in [1.807, 2.05) is 37.3 Å². The number of hydrogen-bond donors (Lipinski definition) is 1. The van der Waals surface area contributed by atoms with Crippen LogP contribution in [-0.4, -0.2) is 22.7 Å². The van der Waals surface area contributed by atoms with Crippen molar-refractivity contribution in [3.05, 3.63) is 95.9 Å². The van der Waals surface area contributed by atoms with Crippen molar-refractivity contribution in [1.82, 2.24) is 4.98 Å². The summed E-state index contributed by atoms with van der Waals surface area (Å²) in [6, 6.07) is 25.6. The molecular weight excluding hydrogens is 414 g/mol. The van der Waals surface area contributed by atoms with Crippen LogP contribution in [0, 0.1) is 6.92 Å². The Labute approximate surface area is 193 Å². The van der Waals surface area contributed by atoms with Crippen molar-refractivity contribution < 1.29 is 19.1 Å². The van der Waals surface area contributed by atoms with Crippen LogP contribution in [0.5, 0.6) is 5.75 Å². The van der Waals surface area contributed by atoms with Gasteiger partial charge in [0.05, 0.1) is 17.7 Å². The first kappa shape index (κ1) is 22.3. The number of ether oxygens (including phenoxy) is 1. The molecule has 4 rings (SSSR count). The average Bonchev–Trinajstić information content (AvgIpc) is 3.20. The largest absolute Gasteiger partial charge is 0.493 e. The van der Waals surface area contributed by atoms with E-state index in [-0.39, 0.29) is 0 Å². The molecule has 1 heterocycles. The fourth-order valence-corrected chi connectivity index (χ4v) is 3.58. The lowest BCUT2D eigenvalue weighted by Gasteiger charge is -2.19. The molecule has 5 nitrogen and oxygen atoms in total. The number of nitrogens with zero attached hydrogens (tertiary/aromatic N) is 1. The molecule has 0 amide bonds. The highest BCUT2D eigenvalue weighted by Crippen LogP contribution is 2.27. The van der Waals surface area contributed by atoms with Crippen molar-refractivity contribution in [3.63, 3.8) is 0 Å². The number of carboxylic acid groups (broad SMARTS) is 1. The Hall–Kier alpha value is -3.86. The third-order valence-electron chi connectivity index (χ3n) is 5.85. The molecule has 0 aliphatic rings. The van der Waals surface area contributed by atoms with Crippen LogP contribution >= 0.6 is 0 Å². The van der Waals surface area contributed by atoms with Crippen LogP contribution in [0.1, 0.15) is 30.9 Å². The molecule has 5 heteroatoms. The third kappa shape index (κ3) is 4.98. The molecule has 0 aliphatic carbocycles. The summed E-state index contributed by atoms with van der Waals surface area (Å²) >= 11 is 0. The molecule has 168 valence electrons. The molecule has 0 fully saturated rings. The quantitative estimate of drug-likeness (QED) is 0.347. The minimum Gasteiger partial charge on any atom is -0.493 e. The first-order chi connectivity index (χ1) is 15.8. The van der Waals surface area contributed by atoms with E-state index < -0.39 is 11.4 Å². The molecule has 0 spiro atoms. The van der Waals surface area contributed by atoms with Crippen LogP contribution in [0.25, 0.3) is 22.6 Å². The molecule has 1 aromatic heterocycles. The summed E-state index contributed by atoms with van der Waals surface area (Å²) in [5.74, 6) is 1.21. The minimum absolute atomic E-state index is 0.446. The van der Waals surface area contributed by atoms with Gasteiger partial charge in [-0.3, -0.25) is 4.79 Å². The van der Waals surface area contributed by atoms with Gasteiger partial charge in [0.2, 0.25) is 5.89 Å². The summed E-state index contributed by atoms with van der Waals surface area (Å²) in [6.45, 7) is 5.73.